The summed E-state index contributed by atoms with van der Waals surface area (Å²) in [6.07, 6.45) is 0.805. The van der Waals surface area contributed by atoms with E-state index in [1.807, 2.05) is 13.0 Å². The molecule has 2 aromatic carbocycles. The summed E-state index contributed by atoms with van der Waals surface area (Å²) in [6.45, 7) is 2.70. The van der Waals surface area contributed by atoms with Crippen molar-refractivity contribution in [2.24, 2.45) is 5.73 Å². The molecule has 25 heavy (non-hydrogen) atoms. The van der Waals surface area contributed by atoms with Crippen molar-refractivity contribution >= 4 is 11.8 Å². The molecule has 0 radical (unpaired) electrons. The molecule has 132 valence electrons. The molecular weight excluding hydrogens is 320 g/mol. The van der Waals surface area contributed by atoms with E-state index >= 15 is 0 Å². The lowest BCUT2D eigenvalue weighted by Crippen LogP contribution is -2.31. The topological polar surface area (TPSA) is 92.9 Å². The first kappa shape index (κ1) is 18.3. The average Bonchev–Trinajstić information content (AvgIpc) is 2.61. The highest BCUT2D eigenvalue weighted by atomic mass is 16.5. The summed E-state index contributed by atoms with van der Waals surface area (Å²) in [5.74, 6) is -0.0480. The van der Waals surface area contributed by atoms with Crippen molar-refractivity contribution < 1.29 is 19.4 Å². The van der Waals surface area contributed by atoms with E-state index in [0.29, 0.717) is 30.0 Å². The molecule has 0 heterocycles. The molecule has 0 saturated heterocycles. The van der Waals surface area contributed by atoms with E-state index in [1.54, 1.807) is 47.4 Å². The van der Waals surface area contributed by atoms with Gasteiger partial charge in [-0.3, -0.25) is 9.59 Å². The van der Waals surface area contributed by atoms with Gasteiger partial charge in [-0.2, -0.15) is 0 Å². The molecule has 0 atom stereocenters. The molecule has 0 aromatic heterocycles. The molecule has 2 aromatic rings. The second-order valence-corrected chi connectivity index (χ2v) is 5.63. The lowest BCUT2D eigenvalue weighted by molar-refractivity contribution is -0.119. The van der Waals surface area contributed by atoms with E-state index in [4.69, 9.17) is 10.5 Å². The molecule has 3 N–H and O–H groups in total. The molecule has 2 rings (SSSR count). The van der Waals surface area contributed by atoms with Gasteiger partial charge in [0.15, 0.2) is 6.61 Å². The van der Waals surface area contributed by atoms with E-state index in [2.05, 4.69) is 0 Å². The number of carbonyl (C=O) groups is 2. The first-order valence-corrected chi connectivity index (χ1v) is 8.08. The van der Waals surface area contributed by atoms with E-state index in [9.17, 15) is 14.7 Å². The number of hydrogen-bond donors (Lipinski definition) is 2. The molecule has 6 nitrogen and oxygen atoms in total. The number of para-hydroxylation sites is 1. The largest absolute Gasteiger partial charge is 0.508 e. The Kier molecular flexibility index (Phi) is 6.39. The molecule has 6 heteroatoms. The summed E-state index contributed by atoms with van der Waals surface area (Å²) < 4.78 is 5.19. The SMILES string of the molecule is CCCN(Cc1ccccc1O)C(=O)c1ccc(OCC(N)=O)cc1. The van der Waals surface area contributed by atoms with Crippen LogP contribution in [0.4, 0.5) is 0 Å². The number of amides is 2. The molecule has 0 unspecified atom stereocenters. The van der Waals surface area contributed by atoms with Crippen LogP contribution in [0.1, 0.15) is 29.3 Å². The third-order valence-electron chi connectivity index (χ3n) is 3.62. The van der Waals surface area contributed by atoms with Gasteiger partial charge < -0.3 is 20.5 Å². The standard InChI is InChI=1S/C19H22N2O4/c1-2-11-21(12-15-5-3-4-6-17(15)22)19(24)14-7-9-16(10-8-14)25-13-18(20)23/h3-10,22H,2,11-13H2,1H3,(H2,20,23). The highest BCUT2D eigenvalue weighted by Crippen LogP contribution is 2.20. The minimum absolute atomic E-state index is 0.133. The maximum absolute atomic E-state index is 12.8. The van der Waals surface area contributed by atoms with Crippen LogP contribution in [0.2, 0.25) is 0 Å². The molecule has 0 aliphatic carbocycles. The third kappa shape index (κ3) is 5.24. The number of rotatable bonds is 8. The smallest absolute Gasteiger partial charge is 0.255 e. The van der Waals surface area contributed by atoms with Crippen LogP contribution in [-0.2, 0) is 11.3 Å². The summed E-state index contributed by atoms with van der Waals surface area (Å²) in [4.78, 5) is 25.2. The number of aromatic hydroxyl groups is 1. The predicted molar refractivity (Wildman–Crippen MR) is 94.3 cm³/mol. The Hall–Kier alpha value is -3.02. The summed E-state index contributed by atoms with van der Waals surface area (Å²) in [7, 11) is 0. The van der Waals surface area contributed by atoms with E-state index in [-0.39, 0.29) is 18.3 Å². The summed E-state index contributed by atoms with van der Waals surface area (Å²) >= 11 is 0. The minimum atomic E-state index is -0.558. The molecule has 0 fully saturated rings. The summed E-state index contributed by atoms with van der Waals surface area (Å²) in [6, 6.07) is 13.5. The molecular formula is C19H22N2O4. The number of hydrogen-bond acceptors (Lipinski definition) is 4. The van der Waals surface area contributed by atoms with Gasteiger partial charge in [-0.25, -0.2) is 0 Å². The normalized spacial score (nSPS) is 10.3. The van der Waals surface area contributed by atoms with Crippen molar-refractivity contribution in [3.8, 4) is 11.5 Å². The van der Waals surface area contributed by atoms with Crippen LogP contribution in [0, 0.1) is 0 Å². The first-order valence-electron chi connectivity index (χ1n) is 8.08. The van der Waals surface area contributed by atoms with Gasteiger partial charge in [-0.1, -0.05) is 25.1 Å². The number of phenolic OH excluding ortho intramolecular Hbond substituents is 1. The Balaban J connectivity index is 2.11. The zero-order chi connectivity index (χ0) is 18.2. The third-order valence-corrected chi connectivity index (χ3v) is 3.62. The predicted octanol–water partition coefficient (Wildman–Crippen LogP) is 2.31. The van der Waals surface area contributed by atoms with Gasteiger partial charge in [-0.05, 0) is 36.8 Å². The number of primary amides is 1. The highest BCUT2D eigenvalue weighted by Gasteiger charge is 2.17. The van der Waals surface area contributed by atoms with E-state index < -0.39 is 5.91 Å². The summed E-state index contributed by atoms with van der Waals surface area (Å²) in [5, 5.41) is 9.93. The fourth-order valence-corrected chi connectivity index (χ4v) is 2.40. The van der Waals surface area contributed by atoms with Gasteiger partial charge in [0.2, 0.25) is 0 Å². The van der Waals surface area contributed by atoms with Crippen LogP contribution in [0.15, 0.2) is 48.5 Å². The number of carbonyl (C=O) groups excluding carboxylic acids is 2. The Morgan fingerprint density at radius 2 is 1.80 bits per heavy atom. The Labute approximate surface area is 146 Å². The van der Waals surface area contributed by atoms with Crippen molar-refractivity contribution in [3.63, 3.8) is 0 Å². The van der Waals surface area contributed by atoms with Crippen molar-refractivity contribution in [1.29, 1.82) is 0 Å². The number of ether oxygens (including phenoxy) is 1. The van der Waals surface area contributed by atoms with Crippen LogP contribution in [0.25, 0.3) is 0 Å². The quantitative estimate of drug-likeness (QED) is 0.770. The Bertz CT molecular complexity index is 728. The number of nitrogens with two attached hydrogens (primary N) is 1. The minimum Gasteiger partial charge on any atom is -0.508 e. The zero-order valence-electron chi connectivity index (χ0n) is 14.1. The maximum atomic E-state index is 12.8. The van der Waals surface area contributed by atoms with Crippen LogP contribution in [-0.4, -0.2) is 35.0 Å². The van der Waals surface area contributed by atoms with Gasteiger partial charge >= 0.3 is 0 Å². The van der Waals surface area contributed by atoms with Crippen molar-refractivity contribution in [2.75, 3.05) is 13.2 Å². The molecule has 0 saturated carbocycles. The van der Waals surface area contributed by atoms with Gasteiger partial charge in [-0.15, -0.1) is 0 Å². The zero-order valence-corrected chi connectivity index (χ0v) is 14.1. The lowest BCUT2D eigenvalue weighted by Gasteiger charge is -2.23. The Morgan fingerprint density at radius 1 is 1.12 bits per heavy atom. The molecule has 0 aliphatic rings. The van der Waals surface area contributed by atoms with Gasteiger partial charge in [0.25, 0.3) is 11.8 Å². The van der Waals surface area contributed by atoms with Crippen LogP contribution >= 0.6 is 0 Å². The second-order valence-electron chi connectivity index (χ2n) is 5.63. The second kappa shape index (κ2) is 8.73. The van der Waals surface area contributed by atoms with E-state index in [1.165, 1.54) is 0 Å². The fourth-order valence-electron chi connectivity index (χ4n) is 2.40. The lowest BCUT2D eigenvalue weighted by atomic mass is 10.1. The van der Waals surface area contributed by atoms with Crippen LogP contribution < -0.4 is 10.5 Å². The first-order chi connectivity index (χ1) is 12.0. The molecule has 2 amide bonds. The molecule has 0 aliphatic heterocycles. The fraction of sp³-hybridized carbons (Fsp3) is 0.263. The monoisotopic (exact) mass is 342 g/mol. The molecule has 0 bridgehead atoms. The average molecular weight is 342 g/mol. The number of benzene rings is 2. The van der Waals surface area contributed by atoms with Crippen molar-refractivity contribution in [3.05, 3.63) is 59.7 Å². The molecule has 0 spiro atoms. The van der Waals surface area contributed by atoms with Crippen molar-refractivity contribution in [2.45, 2.75) is 19.9 Å². The van der Waals surface area contributed by atoms with Gasteiger partial charge in [0, 0.05) is 24.2 Å². The van der Waals surface area contributed by atoms with Crippen LogP contribution in [0.3, 0.4) is 0 Å². The van der Waals surface area contributed by atoms with Gasteiger partial charge in [0.05, 0.1) is 0 Å². The van der Waals surface area contributed by atoms with Crippen molar-refractivity contribution in [1.82, 2.24) is 4.90 Å². The summed E-state index contributed by atoms with van der Waals surface area (Å²) in [5.41, 5.74) is 6.24. The van der Waals surface area contributed by atoms with Gasteiger partial charge in [0.1, 0.15) is 11.5 Å². The maximum Gasteiger partial charge on any atom is 0.255 e. The van der Waals surface area contributed by atoms with Crippen LogP contribution in [0.5, 0.6) is 11.5 Å². The van der Waals surface area contributed by atoms with E-state index in [0.717, 1.165) is 6.42 Å². The number of nitrogens with zero attached hydrogens (tertiary/aromatic N) is 1. The Morgan fingerprint density at radius 3 is 2.40 bits per heavy atom. The highest BCUT2D eigenvalue weighted by molar-refractivity contribution is 5.94. The number of phenols is 1.